The molecule has 2 amide bonds. The lowest BCUT2D eigenvalue weighted by Crippen LogP contribution is -2.52. The van der Waals surface area contributed by atoms with Crippen LogP contribution in [0.15, 0.2) is 77.7 Å². The molecular formula is C34H45N3O5S. The number of aryl methyl sites for hydroxylation is 1. The van der Waals surface area contributed by atoms with E-state index in [2.05, 4.69) is 19.2 Å². The number of sulfonamides is 1. The first-order valence-corrected chi connectivity index (χ1v) is 16.2. The molecule has 3 aromatic rings. The fourth-order valence-electron chi connectivity index (χ4n) is 4.66. The standard InChI is InChI=1S/C34H45N3O5S/c1-8-32(34(39)35-21-24(2)3)36(22-27-11-17-30(42-7)18-12-27)33(38)23-37(29-15-13-28(14-16-29)25(4)5)43(40,41)31-19-9-26(6)10-20-31/h9-20,24-25,32H,8,21-23H2,1-7H3,(H,35,39)/t32-/m0/s1. The highest BCUT2D eigenvalue weighted by atomic mass is 32.2. The third-order valence-electron chi connectivity index (χ3n) is 7.32. The summed E-state index contributed by atoms with van der Waals surface area (Å²) in [6, 6.07) is 20.3. The van der Waals surface area contributed by atoms with E-state index in [9.17, 15) is 18.0 Å². The van der Waals surface area contributed by atoms with Crippen molar-refractivity contribution in [2.24, 2.45) is 5.92 Å². The first-order valence-electron chi connectivity index (χ1n) is 14.8. The van der Waals surface area contributed by atoms with Crippen molar-refractivity contribution in [2.45, 2.75) is 71.4 Å². The zero-order chi connectivity index (χ0) is 31.7. The van der Waals surface area contributed by atoms with Crippen LogP contribution in [0.25, 0.3) is 0 Å². The van der Waals surface area contributed by atoms with Crippen LogP contribution in [-0.4, -0.2) is 51.4 Å². The van der Waals surface area contributed by atoms with Gasteiger partial charge in [0, 0.05) is 13.1 Å². The molecule has 232 valence electrons. The predicted octanol–water partition coefficient (Wildman–Crippen LogP) is 5.90. The molecule has 43 heavy (non-hydrogen) atoms. The molecule has 0 aliphatic heterocycles. The van der Waals surface area contributed by atoms with Crippen LogP contribution in [0.1, 0.15) is 63.6 Å². The smallest absolute Gasteiger partial charge is 0.264 e. The van der Waals surface area contributed by atoms with Gasteiger partial charge in [0.05, 0.1) is 17.7 Å². The Bertz CT molecular complexity index is 1450. The Morgan fingerprint density at radius 2 is 1.49 bits per heavy atom. The number of ether oxygens (including phenoxy) is 1. The first-order chi connectivity index (χ1) is 20.4. The van der Waals surface area contributed by atoms with Gasteiger partial charge in [0.2, 0.25) is 11.8 Å². The fourth-order valence-corrected chi connectivity index (χ4v) is 6.08. The maximum Gasteiger partial charge on any atom is 0.264 e. The van der Waals surface area contributed by atoms with Gasteiger partial charge in [0.15, 0.2) is 0 Å². The highest BCUT2D eigenvalue weighted by molar-refractivity contribution is 7.92. The molecule has 0 saturated carbocycles. The molecule has 0 aliphatic rings. The Labute approximate surface area is 257 Å². The highest BCUT2D eigenvalue weighted by Crippen LogP contribution is 2.27. The number of anilines is 1. The van der Waals surface area contributed by atoms with E-state index in [0.29, 0.717) is 24.4 Å². The number of rotatable bonds is 14. The molecule has 0 radical (unpaired) electrons. The highest BCUT2D eigenvalue weighted by Gasteiger charge is 2.33. The Hall–Kier alpha value is -3.85. The molecule has 9 heteroatoms. The SMILES string of the molecule is CC[C@@H](C(=O)NCC(C)C)N(Cc1ccc(OC)cc1)C(=O)CN(c1ccc(C(C)C)cc1)S(=O)(=O)c1ccc(C)cc1. The average molecular weight is 608 g/mol. The summed E-state index contributed by atoms with van der Waals surface area (Å²) in [6.07, 6.45) is 0.361. The largest absolute Gasteiger partial charge is 0.497 e. The van der Waals surface area contributed by atoms with Gasteiger partial charge in [-0.05, 0) is 72.7 Å². The lowest BCUT2D eigenvalue weighted by atomic mass is 10.0. The zero-order valence-corrected chi connectivity index (χ0v) is 27.1. The first kappa shape index (κ1) is 33.6. The minimum atomic E-state index is -4.12. The second-order valence-corrected chi connectivity index (χ2v) is 13.4. The van der Waals surface area contributed by atoms with Crippen LogP contribution in [0, 0.1) is 12.8 Å². The van der Waals surface area contributed by atoms with E-state index in [-0.39, 0.29) is 29.2 Å². The van der Waals surface area contributed by atoms with Crippen LogP contribution in [-0.2, 0) is 26.2 Å². The lowest BCUT2D eigenvalue weighted by molar-refractivity contribution is -0.140. The topological polar surface area (TPSA) is 96.0 Å². The Kier molecular flexibility index (Phi) is 11.8. The van der Waals surface area contributed by atoms with Crippen LogP contribution >= 0.6 is 0 Å². The number of nitrogens with zero attached hydrogens (tertiary/aromatic N) is 2. The van der Waals surface area contributed by atoms with Crippen LogP contribution < -0.4 is 14.4 Å². The monoisotopic (exact) mass is 607 g/mol. The third-order valence-corrected chi connectivity index (χ3v) is 9.11. The number of carbonyl (C=O) groups is 2. The molecule has 3 rings (SSSR count). The van der Waals surface area contributed by atoms with Crippen molar-refractivity contribution in [1.29, 1.82) is 0 Å². The van der Waals surface area contributed by atoms with Crippen molar-refractivity contribution in [3.05, 3.63) is 89.5 Å². The van der Waals surface area contributed by atoms with Gasteiger partial charge in [0.1, 0.15) is 18.3 Å². The summed E-state index contributed by atoms with van der Waals surface area (Å²) in [5, 5.41) is 2.95. The molecule has 0 aromatic heterocycles. The van der Waals surface area contributed by atoms with Crippen molar-refractivity contribution in [1.82, 2.24) is 10.2 Å². The normalized spacial score (nSPS) is 12.2. The van der Waals surface area contributed by atoms with E-state index in [0.717, 1.165) is 21.0 Å². The van der Waals surface area contributed by atoms with Gasteiger partial charge in [-0.2, -0.15) is 0 Å². The average Bonchev–Trinajstić information content (AvgIpc) is 2.99. The molecule has 1 N–H and O–H groups in total. The number of benzene rings is 3. The number of hydrogen-bond acceptors (Lipinski definition) is 5. The summed E-state index contributed by atoms with van der Waals surface area (Å²) in [5.74, 6) is 0.408. The van der Waals surface area contributed by atoms with Gasteiger partial charge < -0.3 is 15.0 Å². The van der Waals surface area contributed by atoms with Gasteiger partial charge >= 0.3 is 0 Å². The zero-order valence-electron chi connectivity index (χ0n) is 26.3. The molecule has 8 nitrogen and oxygen atoms in total. The van der Waals surface area contributed by atoms with Crippen LogP contribution in [0.3, 0.4) is 0 Å². The van der Waals surface area contributed by atoms with Gasteiger partial charge in [-0.25, -0.2) is 8.42 Å². The lowest BCUT2D eigenvalue weighted by Gasteiger charge is -2.33. The molecular weight excluding hydrogens is 562 g/mol. The van der Waals surface area contributed by atoms with E-state index in [4.69, 9.17) is 4.74 Å². The van der Waals surface area contributed by atoms with E-state index >= 15 is 0 Å². The van der Waals surface area contributed by atoms with Gasteiger partial charge in [-0.3, -0.25) is 13.9 Å². The molecule has 0 bridgehead atoms. The minimum absolute atomic E-state index is 0.0854. The van der Waals surface area contributed by atoms with Crippen LogP contribution in [0.5, 0.6) is 5.75 Å². The summed E-state index contributed by atoms with van der Waals surface area (Å²) < 4.78 is 34.5. The molecule has 1 atom stereocenters. The Balaban J connectivity index is 2.06. The number of carbonyl (C=O) groups excluding carboxylic acids is 2. The van der Waals surface area contributed by atoms with Crippen molar-refractivity contribution in [3.8, 4) is 5.75 Å². The summed E-state index contributed by atoms with van der Waals surface area (Å²) in [7, 11) is -2.54. The second kappa shape index (κ2) is 15.0. The van der Waals surface area contributed by atoms with Crippen molar-refractivity contribution < 1.29 is 22.7 Å². The molecule has 0 aliphatic carbocycles. The van der Waals surface area contributed by atoms with E-state index < -0.39 is 28.5 Å². The maximum atomic E-state index is 14.2. The summed E-state index contributed by atoms with van der Waals surface area (Å²) >= 11 is 0. The van der Waals surface area contributed by atoms with Crippen LogP contribution in [0.4, 0.5) is 5.69 Å². The maximum absolute atomic E-state index is 14.2. The van der Waals surface area contributed by atoms with E-state index in [1.54, 1.807) is 55.6 Å². The van der Waals surface area contributed by atoms with Crippen molar-refractivity contribution in [3.63, 3.8) is 0 Å². The van der Waals surface area contributed by atoms with E-state index in [1.165, 1.54) is 4.90 Å². The fraction of sp³-hybridized carbons (Fsp3) is 0.412. The number of nitrogens with one attached hydrogen (secondary N) is 1. The van der Waals surface area contributed by atoms with Gasteiger partial charge in [-0.15, -0.1) is 0 Å². The molecule has 3 aromatic carbocycles. The molecule has 0 unspecified atom stereocenters. The van der Waals surface area contributed by atoms with Gasteiger partial charge in [-0.1, -0.05) is 76.6 Å². The Morgan fingerprint density at radius 1 is 0.884 bits per heavy atom. The molecule has 0 heterocycles. The predicted molar refractivity (Wildman–Crippen MR) is 172 cm³/mol. The number of hydrogen-bond donors (Lipinski definition) is 1. The summed E-state index contributed by atoms with van der Waals surface area (Å²) in [4.78, 5) is 29.2. The number of methoxy groups -OCH3 is 1. The van der Waals surface area contributed by atoms with Crippen LogP contribution in [0.2, 0.25) is 0 Å². The van der Waals surface area contributed by atoms with Crippen molar-refractivity contribution in [2.75, 3.05) is 24.5 Å². The summed E-state index contributed by atoms with van der Waals surface area (Å²) in [6.45, 7) is 12.0. The molecule has 0 fully saturated rings. The van der Waals surface area contributed by atoms with Crippen molar-refractivity contribution >= 4 is 27.5 Å². The third kappa shape index (κ3) is 8.83. The van der Waals surface area contributed by atoms with E-state index in [1.807, 2.05) is 52.0 Å². The van der Waals surface area contributed by atoms with Gasteiger partial charge in [0.25, 0.3) is 10.0 Å². The number of amides is 2. The molecule has 0 spiro atoms. The second-order valence-electron chi connectivity index (χ2n) is 11.5. The summed E-state index contributed by atoms with van der Waals surface area (Å²) in [5.41, 5.74) is 3.14. The molecule has 0 saturated heterocycles. The Morgan fingerprint density at radius 3 is 2.00 bits per heavy atom. The quantitative estimate of drug-likeness (QED) is 0.246. The minimum Gasteiger partial charge on any atom is -0.497 e.